The number of fused-ring (bicyclic) bond motifs is 1. The topological polar surface area (TPSA) is 55.1 Å². The number of aryl methyl sites for hydroxylation is 1. The maximum atomic E-state index is 12.2. The highest BCUT2D eigenvalue weighted by molar-refractivity contribution is 7.80. The molecule has 0 radical (unpaired) electrons. The van der Waals surface area contributed by atoms with E-state index < -0.39 is 0 Å². The Bertz CT molecular complexity index is 487. The molecule has 0 saturated carbocycles. The van der Waals surface area contributed by atoms with Crippen LogP contribution in [-0.4, -0.2) is 10.9 Å². The van der Waals surface area contributed by atoms with Gasteiger partial charge in [0.1, 0.15) is 0 Å². The third-order valence-corrected chi connectivity index (χ3v) is 4.04. The van der Waals surface area contributed by atoms with Gasteiger partial charge in [0.2, 0.25) is 5.91 Å². The van der Waals surface area contributed by atoms with Crippen molar-refractivity contribution in [2.45, 2.75) is 38.6 Å². The summed E-state index contributed by atoms with van der Waals surface area (Å²) in [5.74, 6) is -0.402. The van der Waals surface area contributed by atoms with Crippen LogP contribution in [0.25, 0.3) is 0 Å². The van der Waals surface area contributed by atoms with Gasteiger partial charge in [-0.25, -0.2) is 0 Å². The molecule has 0 fully saturated rings. The zero-order valence-electron chi connectivity index (χ0n) is 11.2. The van der Waals surface area contributed by atoms with Crippen molar-refractivity contribution >= 4 is 23.1 Å². The summed E-state index contributed by atoms with van der Waals surface area (Å²) in [4.78, 5) is 12.5. The summed E-state index contributed by atoms with van der Waals surface area (Å²) in [6.07, 6.45) is 3.83. The van der Waals surface area contributed by atoms with Gasteiger partial charge < -0.3 is 11.1 Å². The van der Waals surface area contributed by atoms with Crippen molar-refractivity contribution in [1.82, 2.24) is 5.32 Å². The number of carbonyl (C=O) groups is 1. The van der Waals surface area contributed by atoms with Crippen LogP contribution in [0.5, 0.6) is 0 Å². The largest absolute Gasteiger partial charge is 0.393 e. The monoisotopic (exact) mass is 276 g/mol. The number of benzene rings is 1. The van der Waals surface area contributed by atoms with Crippen molar-refractivity contribution < 1.29 is 4.79 Å². The minimum atomic E-state index is -0.357. The number of thiocarbonyl (C=S) groups is 1. The van der Waals surface area contributed by atoms with Crippen LogP contribution in [-0.2, 0) is 11.2 Å². The first-order valence-corrected chi connectivity index (χ1v) is 7.21. The molecule has 1 amide bonds. The lowest BCUT2D eigenvalue weighted by Crippen LogP contribution is -2.40. The van der Waals surface area contributed by atoms with Crippen molar-refractivity contribution in [2.75, 3.05) is 0 Å². The Hall–Kier alpha value is -1.42. The second-order valence-corrected chi connectivity index (χ2v) is 5.49. The molecule has 2 rings (SSSR count). The molecule has 3 nitrogen and oxygen atoms in total. The third kappa shape index (κ3) is 3.13. The van der Waals surface area contributed by atoms with Crippen molar-refractivity contribution in [2.24, 2.45) is 11.7 Å². The van der Waals surface area contributed by atoms with Gasteiger partial charge in [-0.2, -0.15) is 0 Å². The highest BCUT2D eigenvalue weighted by Crippen LogP contribution is 2.29. The maximum Gasteiger partial charge on any atom is 0.230 e. The molecular formula is C15H20N2OS. The molecule has 0 heterocycles. The number of hydrogen-bond acceptors (Lipinski definition) is 2. The minimum Gasteiger partial charge on any atom is -0.393 e. The molecule has 1 aliphatic rings. The van der Waals surface area contributed by atoms with E-state index in [1.165, 1.54) is 11.1 Å². The van der Waals surface area contributed by atoms with E-state index >= 15 is 0 Å². The molecule has 4 heteroatoms. The second kappa shape index (κ2) is 6.15. The van der Waals surface area contributed by atoms with Crippen LogP contribution in [0.3, 0.4) is 0 Å². The smallest absolute Gasteiger partial charge is 0.230 e. The van der Waals surface area contributed by atoms with E-state index in [4.69, 9.17) is 18.0 Å². The lowest BCUT2D eigenvalue weighted by atomic mass is 9.87. The van der Waals surface area contributed by atoms with Crippen LogP contribution in [0.4, 0.5) is 0 Å². The van der Waals surface area contributed by atoms with E-state index in [1.807, 2.05) is 19.1 Å². The normalized spacial score (nSPS) is 19.3. The summed E-state index contributed by atoms with van der Waals surface area (Å²) >= 11 is 4.95. The lowest BCUT2D eigenvalue weighted by Gasteiger charge is -2.27. The van der Waals surface area contributed by atoms with Crippen LogP contribution in [0.1, 0.15) is 43.4 Å². The highest BCUT2D eigenvalue weighted by atomic mass is 32.1. The van der Waals surface area contributed by atoms with Gasteiger partial charge in [0.25, 0.3) is 0 Å². The zero-order chi connectivity index (χ0) is 13.8. The molecule has 0 aliphatic heterocycles. The molecule has 0 bridgehead atoms. The van der Waals surface area contributed by atoms with Gasteiger partial charge in [0.05, 0.1) is 16.9 Å². The summed E-state index contributed by atoms with van der Waals surface area (Å²) in [7, 11) is 0. The van der Waals surface area contributed by atoms with Crippen LogP contribution < -0.4 is 11.1 Å². The molecular weight excluding hydrogens is 256 g/mol. The van der Waals surface area contributed by atoms with E-state index in [0.29, 0.717) is 6.42 Å². The fourth-order valence-electron chi connectivity index (χ4n) is 2.69. The zero-order valence-corrected chi connectivity index (χ0v) is 12.0. The number of rotatable bonds is 4. The summed E-state index contributed by atoms with van der Waals surface area (Å²) in [5, 5.41) is 3.10. The van der Waals surface area contributed by atoms with Gasteiger partial charge in [-0.05, 0) is 36.8 Å². The van der Waals surface area contributed by atoms with Crippen LogP contribution in [0.2, 0.25) is 0 Å². The molecule has 19 heavy (non-hydrogen) atoms. The van der Waals surface area contributed by atoms with Crippen LogP contribution in [0.15, 0.2) is 24.3 Å². The summed E-state index contributed by atoms with van der Waals surface area (Å²) < 4.78 is 0. The fraction of sp³-hybridized carbons (Fsp3) is 0.467. The van der Waals surface area contributed by atoms with Crippen molar-refractivity contribution in [3.63, 3.8) is 0 Å². The Balaban J connectivity index is 2.12. The Labute approximate surface area is 119 Å². The quantitative estimate of drug-likeness (QED) is 0.831. The Morgan fingerprint density at radius 2 is 2.26 bits per heavy atom. The summed E-state index contributed by atoms with van der Waals surface area (Å²) in [6, 6.07) is 8.40. The SMILES string of the molecule is CCC(C(=O)NC1CCCc2ccccc21)C(N)=S. The van der Waals surface area contributed by atoms with Gasteiger partial charge in [-0.1, -0.05) is 43.4 Å². The first kappa shape index (κ1) is 14.0. The summed E-state index contributed by atoms with van der Waals surface area (Å²) in [6.45, 7) is 1.93. The Morgan fingerprint density at radius 1 is 1.53 bits per heavy atom. The second-order valence-electron chi connectivity index (χ2n) is 5.02. The molecule has 1 aromatic rings. The number of nitrogens with one attached hydrogen (secondary N) is 1. The van der Waals surface area contributed by atoms with E-state index in [2.05, 4.69) is 17.4 Å². The standard InChI is InChI=1S/C15H20N2OS/c1-2-11(14(16)19)15(18)17-13-9-5-7-10-6-3-4-8-12(10)13/h3-4,6,8,11,13H,2,5,7,9H2,1H3,(H2,16,19)(H,17,18). The van der Waals surface area contributed by atoms with Gasteiger partial charge in [-0.15, -0.1) is 0 Å². The van der Waals surface area contributed by atoms with E-state index in [9.17, 15) is 4.79 Å². The average Bonchev–Trinajstić information content (AvgIpc) is 2.39. The van der Waals surface area contributed by atoms with Crippen molar-refractivity contribution in [1.29, 1.82) is 0 Å². The first-order chi connectivity index (χ1) is 9.13. The predicted octanol–water partition coefficient (Wildman–Crippen LogP) is 2.49. The van der Waals surface area contributed by atoms with Gasteiger partial charge in [0, 0.05) is 0 Å². The van der Waals surface area contributed by atoms with Gasteiger partial charge >= 0.3 is 0 Å². The maximum absolute atomic E-state index is 12.2. The molecule has 1 aromatic carbocycles. The van der Waals surface area contributed by atoms with E-state index in [0.717, 1.165) is 19.3 Å². The van der Waals surface area contributed by atoms with Crippen molar-refractivity contribution in [3.05, 3.63) is 35.4 Å². The van der Waals surface area contributed by atoms with Gasteiger partial charge in [0.15, 0.2) is 0 Å². The van der Waals surface area contributed by atoms with Crippen molar-refractivity contribution in [3.8, 4) is 0 Å². The van der Waals surface area contributed by atoms with E-state index in [-0.39, 0.29) is 22.9 Å². The number of hydrogen-bond donors (Lipinski definition) is 2. The number of nitrogens with two attached hydrogens (primary N) is 1. The lowest BCUT2D eigenvalue weighted by molar-refractivity contribution is -0.123. The molecule has 0 spiro atoms. The average molecular weight is 276 g/mol. The molecule has 0 aromatic heterocycles. The Kier molecular flexibility index (Phi) is 4.53. The molecule has 2 unspecified atom stereocenters. The predicted molar refractivity (Wildman–Crippen MR) is 80.8 cm³/mol. The minimum absolute atomic E-state index is 0.0447. The molecule has 102 valence electrons. The van der Waals surface area contributed by atoms with E-state index in [1.54, 1.807) is 0 Å². The molecule has 1 aliphatic carbocycles. The van der Waals surface area contributed by atoms with Gasteiger partial charge in [-0.3, -0.25) is 4.79 Å². The third-order valence-electron chi connectivity index (χ3n) is 3.75. The molecule has 0 saturated heterocycles. The Morgan fingerprint density at radius 3 is 2.95 bits per heavy atom. The fourth-order valence-corrected chi connectivity index (χ4v) is 2.97. The van der Waals surface area contributed by atoms with Crippen LogP contribution >= 0.6 is 12.2 Å². The number of amides is 1. The molecule has 2 atom stereocenters. The molecule has 3 N–H and O–H groups in total. The summed E-state index contributed by atoms with van der Waals surface area (Å²) in [5.41, 5.74) is 8.19. The first-order valence-electron chi connectivity index (χ1n) is 6.81. The number of carbonyl (C=O) groups excluding carboxylic acids is 1. The highest BCUT2D eigenvalue weighted by Gasteiger charge is 2.25. The van der Waals surface area contributed by atoms with Crippen LogP contribution in [0, 0.1) is 5.92 Å².